The quantitative estimate of drug-likeness (QED) is 0.869. The smallest absolute Gasteiger partial charge is 0.262 e. The Hall–Kier alpha value is -2.25. The number of hydrogen-bond acceptors (Lipinski definition) is 5. The minimum atomic E-state index is -3.70. The molecule has 1 aliphatic rings. The molecule has 1 fully saturated rings. The largest absolute Gasteiger partial charge is 0.497 e. The van der Waals surface area contributed by atoms with Crippen molar-refractivity contribution in [3.8, 4) is 5.75 Å². The van der Waals surface area contributed by atoms with Crippen molar-refractivity contribution in [1.82, 2.24) is 0 Å². The van der Waals surface area contributed by atoms with E-state index in [0.717, 1.165) is 18.8 Å². The van der Waals surface area contributed by atoms with E-state index >= 15 is 0 Å². The Balaban J connectivity index is 1.88. The minimum Gasteiger partial charge on any atom is -0.497 e. The van der Waals surface area contributed by atoms with Crippen LogP contribution in [0.2, 0.25) is 0 Å². The molecule has 0 amide bonds. The number of morpholine rings is 1. The van der Waals surface area contributed by atoms with Crippen molar-refractivity contribution < 1.29 is 17.9 Å². The molecule has 1 saturated heterocycles. The monoisotopic (exact) mass is 376 g/mol. The van der Waals surface area contributed by atoms with Crippen LogP contribution in [0.15, 0.2) is 41.3 Å². The predicted molar refractivity (Wildman–Crippen MR) is 103 cm³/mol. The number of nitrogens with one attached hydrogen (secondary N) is 1. The maximum absolute atomic E-state index is 12.9. The zero-order valence-corrected chi connectivity index (χ0v) is 16.1. The van der Waals surface area contributed by atoms with Crippen molar-refractivity contribution in [3.63, 3.8) is 0 Å². The van der Waals surface area contributed by atoms with Crippen LogP contribution in [0.5, 0.6) is 5.75 Å². The van der Waals surface area contributed by atoms with Gasteiger partial charge in [0.15, 0.2) is 0 Å². The molecule has 0 aliphatic carbocycles. The Morgan fingerprint density at radius 1 is 1.08 bits per heavy atom. The first kappa shape index (κ1) is 18.5. The Bertz CT molecular complexity index is 867. The number of hydrogen-bond donors (Lipinski definition) is 1. The van der Waals surface area contributed by atoms with Crippen molar-refractivity contribution in [3.05, 3.63) is 47.5 Å². The second-order valence-corrected chi connectivity index (χ2v) is 7.96. The molecular weight excluding hydrogens is 352 g/mol. The molecule has 26 heavy (non-hydrogen) atoms. The summed E-state index contributed by atoms with van der Waals surface area (Å²) in [6.07, 6.45) is 0. The summed E-state index contributed by atoms with van der Waals surface area (Å²) in [6.45, 7) is 6.50. The number of rotatable bonds is 5. The normalized spacial score (nSPS) is 15.0. The van der Waals surface area contributed by atoms with Crippen LogP contribution in [0.1, 0.15) is 11.1 Å². The van der Waals surface area contributed by atoms with Gasteiger partial charge in [0.1, 0.15) is 5.75 Å². The number of benzene rings is 2. The van der Waals surface area contributed by atoms with Crippen molar-refractivity contribution >= 4 is 21.4 Å². The Morgan fingerprint density at radius 2 is 1.73 bits per heavy atom. The van der Waals surface area contributed by atoms with Gasteiger partial charge in [-0.25, -0.2) is 8.42 Å². The van der Waals surface area contributed by atoms with Crippen LogP contribution in [0.4, 0.5) is 11.4 Å². The number of aryl methyl sites for hydroxylation is 2. The van der Waals surface area contributed by atoms with Crippen LogP contribution >= 0.6 is 0 Å². The van der Waals surface area contributed by atoms with Crippen LogP contribution < -0.4 is 14.4 Å². The van der Waals surface area contributed by atoms with E-state index in [9.17, 15) is 8.42 Å². The summed E-state index contributed by atoms with van der Waals surface area (Å²) in [5.74, 6) is 0.647. The average Bonchev–Trinajstić information content (AvgIpc) is 2.61. The molecule has 0 aromatic heterocycles. The second-order valence-electron chi connectivity index (χ2n) is 6.35. The van der Waals surface area contributed by atoms with Crippen LogP contribution in [0, 0.1) is 13.8 Å². The van der Waals surface area contributed by atoms with Gasteiger partial charge in [0.05, 0.1) is 30.9 Å². The Kier molecular flexibility index (Phi) is 5.38. The third-order valence-corrected chi connectivity index (χ3v) is 6.10. The molecule has 0 bridgehead atoms. The van der Waals surface area contributed by atoms with E-state index in [4.69, 9.17) is 9.47 Å². The first-order valence-electron chi connectivity index (χ1n) is 8.51. The molecule has 0 radical (unpaired) electrons. The number of nitrogens with zero attached hydrogens (tertiary/aromatic N) is 1. The topological polar surface area (TPSA) is 67.9 Å². The van der Waals surface area contributed by atoms with E-state index in [1.54, 1.807) is 39.2 Å². The molecule has 2 aromatic rings. The number of anilines is 2. The molecule has 0 atom stereocenters. The Labute approximate surface area is 154 Å². The van der Waals surface area contributed by atoms with Gasteiger partial charge in [-0.15, -0.1) is 0 Å². The van der Waals surface area contributed by atoms with Crippen molar-refractivity contribution in [2.45, 2.75) is 18.7 Å². The van der Waals surface area contributed by atoms with Gasteiger partial charge in [0.25, 0.3) is 10.0 Å². The molecule has 6 nitrogen and oxygen atoms in total. The van der Waals surface area contributed by atoms with Gasteiger partial charge < -0.3 is 14.4 Å². The van der Waals surface area contributed by atoms with E-state index in [1.165, 1.54) is 0 Å². The third-order valence-electron chi connectivity index (χ3n) is 4.41. The van der Waals surface area contributed by atoms with Gasteiger partial charge in [-0.1, -0.05) is 6.07 Å². The molecule has 0 unspecified atom stereocenters. The van der Waals surface area contributed by atoms with Crippen LogP contribution in [-0.2, 0) is 14.8 Å². The standard InChI is InChI=1S/C19H24N2O4S/c1-14-11-18(24-3)12-15(2)19(14)26(22,23)20-16-5-4-6-17(13-16)21-7-9-25-10-8-21/h4-6,11-13,20H,7-10H2,1-3H3. The molecule has 0 saturated carbocycles. The van der Waals surface area contributed by atoms with Crippen LogP contribution in [0.25, 0.3) is 0 Å². The number of sulfonamides is 1. The zero-order chi connectivity index (χ0) is 18.7. The highest BCUT2D eigenvalue weighted by Crippen LogP contribution is 2.28. The Morgan fingerprint density at radius 3 is 2.35 bits per heavy atom. The lowest BCUT2D eigenvalue weighted by Gasteiger charge is -2.29. The molecule has 3 rings (SSSR count). The van der Waals surface area contributed by atoms with E-state index in [1.807, 2.05) is 18.2 Å². The molecule has 1 aliphatic heterocycles. The fourth-order valence-electron chi connectivity index (χ4n) is 3.25. The average molecular weight is 376 g/mol. The predicted octanol–water partition coefficient (Wildman–Crippen LogP) is 2.95. The van der Waals surface area contributed by atoms with E-state index in [0.29, 0.717) is 35.8 Å². The van der Waals surface area contributed by atoms with Gasteiger partial charge in [0, 0.05) is 18.8 Å². The summed E-state index contributed by atoms with van der Waals surface area (Å²) in [5, 5.41) is 0. The summed E-state index contributed by atoms with van der Waals surface area (Å²) in [7, 11) is -2.13. The molecule has 7 heteroatoms. The van der Waals surface area contributed by atoms with Gasteiger partial charge in [0.2, 0.25) is 0 Å². The highest BCUT2D eigenvalue weighted by Gasteiger charge is 2.21. The highest BCUT2D eigenvalue weighted by atomic mass is 32.2. The molecular formula is C19H24N2O4S. The maximum Gasteiger partial charge on any atom is 0.262 e. The van der Waals surface area contributed by atoms with Crippen LogP contribution in [0.3, 0.4) is 0 Å². The lowest BCUT2D eigenvalue weighted by atomic mass is 10.1. The lowest BCUT2D eigenvalue weighted by molar-refractivity contribution is 0.122. The third kappa shape index (κ3) is 3.94. The van der Waals surface area contributed by atoms with Gasteiger partial charge in [-0.2, -0.15) is 0 Å². The second kappa shape index (κ2) is 7.55. The van der Waals surface area contributed by atoms with E-state index in [-0.39, 0.29) is 4.90 Å². The summed E-state index contributed by atoms with van der Waals surface area (Å²) in [5.41, 5.74) is 2.83. The van der Waals surface area contributed by atoms with Crippen molar-refractivity contribution in [1.29, 1.82) is 0 Å². The fraction of sp³-hybridized carbons (Fsp3) is 0.368. The minimum absolute atomic E-state index is 0.287. The maximum atomic E-state index is 12.9. The lowest BCUT2D eigenvalue weighted by Crippen LogP contribution is -2.36. The van der Waals surface area contributed by atoms with E-state index < -0.39 is 10.0 Å². The SMILES string of the molecule is COc1cc(C)c(S(=O)(=O)Nc2cccc(N3CCOCC3)c2)c(C)c1. The first-order valence-corrected chi connectivity index (χ1v) is 10.00. The molecule has 0 spiro atoms. The summed E-state index contributed by atoms with van der Waals surface area (Å²) in [6, 6.07) is 10.9. The zero-order valence-electron chi connectivity index (χ0n) is 15.3. The summed E-state index contributed by atoms with van der Waals surface area (Å²) >= 11 is 0. The summed E-state index contributed by atoms with van der Waals surface area (Å²) < 4.78 is 39.2. The molecule has 140 valence electrons. The number of methoxy groups -OCH3 is 1. The molecule has 1 heterocycles. The van der Waals surface area contributed by atoms with Crippen molar-refractivity contribution in [2.75, 3.05) is 43.0 Å². The van der Waals surface area contributed by atoms with Gasteiger partial charge >= 0.3 is 0 Å². The molecule has 2 aromatic carbocycles. The van der Waals surface area contributed by atoms with Crippen LogP contribution in [-0.4, -0.2) is 41.8 Å². The van der Waals surface area contributed by atoms with Gasteiger partial charge in [-0.3, -0.25) is 4.72 Å². The van der Waals surface area contributed by atoms with Gasteiger partial charge in [-0.05, 0) is 55.3 Å². The molecule has 1 N–H and O–H groups in total. The first-order chi connectivity index (χ1) is 12.4. The highest BCUT2D eigenvalue weighted by molar-refractivity contribution is 7.92. The van der Waals surface area contributed by atoms with Crippen molar-refractivity contribution in [2.24, 2.45) is 0 Å². The number of ether oxygens (including phenoxy) is 2. The summed E-state index contributed by atoms with van der Waals surface area (Å²) in [4.78, 5) is 2.47. The fourth-order valence-corrected chi connectivity index (χ4v) is 4.75. The van der Waals surface area contributed by atoms with E-state index in [2.05, 4.69) is 9.62 Å².